The van der Waals surface area contributed by atoms with Crippen LogP contribution in [-0.2, 0) is 4.74 Å². The highest BCUT2D eigenvalue weighted by Crippen LogP contribution is 2.32. The largest absolute Gasteiger partial charge is 0.450 e. The fourth-order valence-electron chi connectivity index (χ4n) is 2.93. The van der Waals surface area contributed by atoms with E-state index in [9.17, 15) is 9.90 Å². The summed E-state index contributed by atoms with van der Waals surface area (Å²) in [5, 5.41) is 12.2. The Morgan fingerprint density at radius 2 is 1.96 bits per heavy atom. The number of benzene rings is 2. The van der Waals surface area contributed by atoms with Crippen molar-refractivity contribution in [3.05, 3.63) is 47.7 Å². The summed E-state index contributed by atoms with van der Waals surface area (Å²) in [5.74, 6) is 0.102. The monoisotopic (exact) mass is 327 g/mol. The molecule has 0 saturated heterocycles. The van der Waals surface area contributed by atoms with Gasteiger partial charge in [0, 0.05) is 36.5 Å². The third-order valence-corrected chi connectivity index (χ3v) is 4.25. The Kier molecular flexibility index (Phi) is 4.83. The first-order valence-corrected chi connectivity index (χ1v) is 7.97. The minimum absolute atomic E-state index is 0.0995. The predicted molar refractivity (Wildman–Crippen MR) is 93.3 cm³/mol. The van der Waals surface area contributed by atoms with Gasteiger partial charge in [-0.3, -0.25) is 4.79 Å². The molecule has 0 unspecified atom stereocenters. The molecule has 3 aromatic rings. The van der Waals surface area contributed by atoms with Crippen molar-refractivity contribution in [3.8, 4) is 0 Å². The van der Waals surface area contributed by atoms with E-state index in [1.54, 1.807) is 12.0 Å². The van der Waals surface area contributed by atoms with E-state index < -0.39 is 0 Å². The number of carbonyl (C=O) groups is 1. The first-order valence-electron chi connectivity index (χ1n) is 7.97. The molecular formula is C19H21NO4. The molecule has 5 heteroatoms. The van der Waals surface area contributed by atoms with Gasteiger partial charge in [-0.15, -0.1) is 0 Å². The fourth-order valence-corrected chi connectivity index (χ4v) is 2.93. The van der Waals surface area contributed by atoms with E-state index in [1.807, 2.05) is 43.3 Å². The quantitative estimate of drug-likeness (QED) is 0.756. The number of hydrogen-bond acceptors (Lipinski definition) is 4. The number of nitrogens with zero attached hydrogens (tertiary/aromatic N) is 1. The molecule has 0 radical (unpaired) electrons. The summed E-state index contributed by atoms with van der Waals surface area (Å²) < 4.78 is 11.0. The summed E-state index contributed by atoms with van der Waals surface area (Å²) in [5.41, 5.74) is 1.55. The maximum absolute atomic E-state index is 12.8. The Hall–Kier alpha value is -2.37. The van der Waals surface area contributed by atoms with Gasteiger partial charge in [0.15, 0.2) is 5.76 Å². The molecule has 1 N–H and O–H groups in total. The van der Waals surface area contributed by atoms with Crippen molar-refractivity contribution < 1.29 is 19.1 Å². The van der Waals surface area contributed by atoms with Crippen LogP contribution in [-0.4, -0.2) is 49.3 Å². The zero-order valence-electron chi connectivity index (χ0n) is 13.9. The van der Waals surface area contributed by atoms with E-state index in [2.05, 4.69) is 0 Å². The highest BCUT2D eigenvalue weighted by atomic mass is 16.5. The van der Waals surface area contributed by atoms with E-state index in [1.165, 1.54) is 0 Å². The molecule has 3 rings (SSSR count). The topological polar surface area (TPSA) is 62.9 Å². The first-order chi connectivity index (χ1) is 11.7. The number of furan rings is 1. The summed E-state index contributed by atoms with van der Waals surface area (Å²) in [4.78, 5) is 14.4. The summed E-state index contributed by atoms with van der Waals surface area (Å²) in [6.45, 7) is 2.86. The molecule has 24 heavy (non-hydrogen) atoms. The summed E-state index contributed by atoms with van der Waals surface area (Å²) in [7, 11) is 1.58. The molecule has 0 aliphatic carbocycles. The van der Waals surface area contributed by atoms with E-state index in [4.69, 9.17) is 9.15 Å². The molecule has 1 amide bonds. The van der Waals surface area contributed by atoms with Crippen LogP contribution in [0.15, 0.2) is 40.8 Å². The van der Waals surface area contributed by atoms with Crippen LogP contribution in [0.4, 0.5) is 0 Å². The second-order valence-corrected chi connectivity index (χ2v) is 5.73. The normalized spacial score (nSPS) is 11.3. The number of ether oxygens (including phenoxy) is 1. The van der Waals surface area contributed by atoms with Crippen molar-refractivity contribution in [2.45, 2.75) is 6.92 Å². The molecule has 0 aliphatic heterocycles. The van der Waals surface area contributed by atoms with Crippen molar-refractivity contribution in [2.24, 2.45) is 0 Å². The number of aliphatic hydroxyl groups is 1. The molecule has 0 aliphatic rings. The lowest BCUT2D eigenvalue weighted by atomic mass is 10.1. The highest BCUT2D eigenvalue weighted by Gasteiger charge is 2.23. The van der Waals surface area contributed by atoms with Crippen molar-refractivity contribution in [2.75, 3.05) is 33.4 Å². The van der Waals surface area contributed by atoms with Crippen LogP contribution >= 0.6 is 0 Å². The molecule has 1 heterocycles. The molecule has 5 nitrogen and oxygen atoms in total. The standard InChI is InChI=1S/C19H21NO4/c1-13-15-8-7-14-5-3-4-6-16(14)18(15)24-17(13)19(22)20(9-11-21)10-12-23-2/h3-8,21H,9-12H2,1-2H3. The van der Waals surface area contributed by atoms with E-state index >= 15 is 0 Å². The molecule has 126 valence electrons. The Morgan fingerprint density at radius 1 is 1.17 bits per heavy atom. The Morgan fingerprint density at radius 3 is 2.71 bits per heavy atom. The number of amides is 1. The van der Waals surface area contributed by atoms with Crippen LogP contribution in [0.3, 0.4) is 0 Å². The third kappa shape index (κ3) is 2.88. The van der Waals surface area contributed by atoms with E-state index in [-0.39, 0.29) is 19.1 Å². The molecule has 0 fully saturated rings. The Labute approximate surface area is 140 Å². The van der Waals surface area contributed by atoms with Crippen LogP contribution in [0.2, 0.25) is 0 Å². The third-order valence-electron chi connectivity index (χ3n) is 4.25. The number of carbonyl (C=O) groups excluding carboxylic acids is 1. The number of rotatable bonds is 6. The highest BCUT2D eigenvalue weighted by molar-refractivity contribution is 6.08. The summed E-state index contributed by atoms with van der Waals surface area (Å²) in [6.07, 6.45) is 0. The lowest BCUT2D eigenvalue weighted by molar-refractivity contribution is 0.0627. The lowest BCUT2D eigenvalue weighted by Crippen LogP contribution is -2.36. The van der Waals surface area contributed by atoms with Crippen molar-refractivity contribution >= 4 is 27.6 Å². The van der Waals surface area contributed by atoms with Crippen molar-refractivity contribution in [1.82, 2.24) is 4.90 Å². The zero-order chi connectivity index (χ0) is 17.1. The summed E-state index contributed by atoms with van der Waals surface area (Å²) in [6, 6.07) is 12.0. The zero-order valence-corrected chi connectivity index (χ0v) is 13.9. The Balaban J connectivity index is 2.06. The van der Waals surface area contributed by atoms with Gasteiger partial charge in [-0.1, -0.05) is 36.4 Å². The van der Waals surface area contributed by atoms with Gasteiger partial charge in [0.2, 0.25) is 0 Å². The van der Waals surface area contributed by atoms with E-state index in [0.717, 1.165) is 27.3 Å². The second kappa shape index (κ2) is 7.03. The number of aliphatic hydroxyl groups excluding tert-OH is 1. The number of hydrogen-bond donors (Lipinski definition) is 1. The smallest absolute Gasteiger partial charge is 0.290 e. The molecule has 0 spiro atoms. The molecule has 0 saturated carbocycles. The SMILES string of the molecule is COCCN(CCO)C(=O)c1oc2c(ccc3ccccc32)c1C. The first kappa shape index (κ1) is 16.5. The predicted octanol–water partition coefficient (Wildman–Crippen LogP) is 2.98. The lowest BCUT2D eigenvalue weighted by Gasteiger charge is -2.20. The van der Waals surface area contributed by atoms with Gasteiger partial charge in [-0.05, 0) is 12.3 Å². The van der Waals surface area contributed by atoms with Gasteiger partial charge in [-0.25, -0.2) is 0 Å². The van der Waals surface area contributed by atoms with Crippen LogP contribution in [0.1, 0.15) is 16.1 Å². The average molecular weight is 327 g/mol. The second-order valence-electron chi connectivity index (χ2n) is 5.73. The maximum atomic E-state index is 12.8. The van der Waals surface area contributed by atoms with Crippen LogP contribution in [0, 0.1) is 6.92 Å². The van der Waals surface area contributed by atoms with Gasteiger partial charge in [-0.2, -0.15) is 0 Å². The number of fused-ring (bicyclic) bond motifs is 3. The van der Waals surface area contributed by atoms with Crippen molar-refractivity contribution in [3.63, 3.8) is 0 Å². The minimum atomic E-state index is -0.223. The van der Waals surface area contributed by atoms with Crippen LogP contribution in [0.5, 0.6) is 0 Å². The molecule has 0 atom stereocenters. The molecular weight excluding hydrogens is 306 g/mol. The van der Waals surface area contributed by atoms with Gasteiger partial charge >= 0.3 is 0 Å². The van der Waals surface area contributed by atoms with Gasteiger partial charge in [0.1, 0.15) is 5.58 Å². The molecule has 2 aromatic carbocycles. The minimum Gasteiger partial charge on any atom is -0.450 e. The van der Waals surface area contributed by atoms with Crippen LogP contribution < -0.4 is 0 Å². The Bertz CT molecular complexity index is 868. The summed E-state index contributed by atoms with van der Waals surface area (Å²) >= 11 is 0. The number of aryl methyl sites for hydroxylation is 1. The van der Waals surface area contributed by atoms with Gasteiger partial charge in [0.25, 0.3) is 5.91 Å². The molecule has 1 aromatic heterocycles. The van der Waals surface area contributed by atoms with Gasteiger partial charge < -0.3 is 19.2 Å². The molecule has 0 bridgehead atoms. The number of methoxy groups -OCH3 is 1. The fraction of sp³-hybridized carbons (Fsp3) is 0.316. The van der Waals surface area contributed by atoms with Crippen LogP contribution in [0.25, 0.3) is 21.7 Å². The average Bonchev–Trinajstić information content (AvgIpc) is 2.95. The maximum Gasteiger partial charge on any atom is 0.290 e. The van der Waals surface area contributed by atoms with E-state index in [0.29, 0.717) is 18.9 Å². The van der Waals surface area contributed by atoms with Crippen molar-refractivity contribution in [1.29, 1.82) is 0 Å². The van der Waals surface area contributed by atoms with Gasteiger partial charge in [0.05, 0.1) is 13.2 Å².